The van der Waals surface area contributed by atoms with E-state index < -0.39 is 29.9 Å². The van der Waals surface area contributed by atoms with Crippen molar-refractivity contribution >= 4 is 33.7 Å². The third-order valence-electron chi connectivity index (χ3n) is 5.07. The first-order chi connectivity index (χ1) is 16.7. The highest BCUT2D eigenvalue weighted by Crippen LogP contribution is 2.29. The third kappa shape index (κ3) is 8.84. The summed E-state index contributed by atoms with van der Waals surface area (Å²) in [5.41, 5.74) is 1.12. The normalized spacial score (nSPS) is 13.1. The molecular weight excluding hydrogens is 466 g/mol. The second-order valence-electron chi connectivity index (χ2n) is 9.20. The molecule has 2 amide bonds. The average molecular weight is 500 g/mol. The van der Waals surface area contributed by atoms with Gasteiger partial charge < -0.3 is 25.2 Å². The van der Waals surface area contributed by atoms with E-state index in [-0.39, 0.29) is 6.61 Å². The number of ether oxygens (including phenoxy) is 2. The Labute approximate surface area is 209 Å². The second-order valence-corrected chi connectivity index (χ2v) is 10.3. The Morgan fingerprint density at radius 3 is 2.46 bits per heavy atom. The van der Waals surface area contributed by atoms with Gasteiger partial charge in [0.05, 0.1) is 16.3 Å². The zero-order valence-corrected chi connectivity index (χ0v) is 21.1. The van der Waals surface area contributed by atoms with Gasteiger partial charge in [-0.3, -0.25) is 0 Å². The molecule has 0 aliphatic rings. The standard InChI is InChI=1S/C26H33N3O5S/c1-26(2,3)34-24(31)27-16-10-9-14-20(29-25(32)33-17-18-11-5-4-6-12-18)22(30)23-28-19-13-7-8-15-21(19)35-23/h4-8,11-13,15,20,22,30H,9-10,14,16-17H2,1-3H3,(H,27,31)(H,29,32). The van der Waals surface area contributed by atoms with E-state index in [0.717, 1.165) is 15.8 Å². The first-order valence-corrected chi connectivity index (χ1v) is 12.5. The van der Waals surface area contributed by atoms with Crippen LogP contribution in [-0.2, 0) is 16.1 Å². The quantitative estimate of drug-likeness (QED) is 0.326. The monoisotopic (exact) mass is 499 g/mol. The number of fused-ring (bicyclic) bond motifs is 1. The summed E-state index contributed by atoms with van der Waals surface area (Å²) in [6, 6.07) is 16.5. The molecule has 8 nitrogen and oxygen atoms in total. The smallest absolute Gasteiger partial charge is 0.407 e. The molecule has 0 spiro atoms. The van der Waals surface area contributed by atoms with Crippen LogP contribution in [0.4, 0.5) is 9.59 Å². The minimum absolute atomic E-state index is 0.135. The van der Waals surface area contributed by atoms with Crippen molar-refractivity contribution in [3.63, 3.8) is 0 Å². The van der Waals surface area contributed by atoms with Gasteiger partial charge in [0.15, 0.2) is 0 Å². The minimum atomic E-state index is -0.990. The number of unbranched alkanes of at least 4 members (excludes halogenated alkanes) is 1. The van der Waals surface area contributed by atoms with Crippen LogP contribution in [0.15, 0.2) is 54.6 Å². The topological polar surface area (TPSA) is 110 Å². The summed E-state index contributed by atoms with van der Waals surface area (Å²) in [4.78, 5) is 28.9. The maximum atomic E-state index is 12.5. The summed E-state index contributed by atoms with van der Waals surface area (Å²) in [5.74, 6) is 0. The van der Waals surface area contributed by atoms with Crippen LogP contribution >= 0.6 is 11.3 Å². The van der Waals surface area contributed by atoms with Gasteiger partial charge in [0.2, 0.25) is 0 Å². The number of carbonyl (C=O) groups excluding carboxylic acids is 2. The van der Waals surface area contributed by atoms with Gasteiger partial charge >= 0.3 is 12.2 Å². The minimum Gasteiger partial charge on any atom is -0.445 e. The molecule has 0 radical (unpaired) electrons. The van der Waals surface area contributed by atoms with E-state index in [9.17, 15) is 14.7 Å². The third-order valence-corrected chi connectivity index (χ3v) is 6.18. The summed E-state index contributed by atoms with van der Waals surface area (Å²) < 4.78 is 11.6. The fraction of sp³-hybridized carbons (Fsp3) is 0.423. The lowest BCUT2D eigenvalue weighted by atomic mass is 10.0. The largest absolute Gasteiger partial charge is 0.445 e. The zero-order chi connectivity index (χ0) is 25.3. The molecule has 0 fully saturated rings. The van der Waals surface area contributed by atoms with Crippen LogP contribution in [0.2, 0.25) is 0 Å². The number of aliphatic hydroxyl groups is 1. The lowest BCUT2D eigenvalue weighted by molar-refractivity contribution is 0.0526. The number of aliphatic hydroxyl groups excluding tert-OH is 1. The van der Waals surface area contributed by atoms with Crippen LogP contribution in [0.1, 0.15) is 56.7 Å². The number of alkyl carbamates (subject to hydrolysis) is 2. The van der Waals surface area contributed by atoms with Crippen molar-refractivity contribution in [2.45, 2.75) is 64.4 Å². The van der Waals surface area contributed by atoms with Crippen LogP contribution in [0.3, 0.4) is 0 Å². The van der Waals surface area contributed by atoms with Crippen molar-refractivity contribution in [1.82, 2.24) is 15.6 Å². The highest BCUT2D eigenvalue weighted by atomic mass is 32.1. The predicted molar refractivity (Wildman–Crippen MR) is 136 cm³/mol. The molecule has 1 heterocycles. The van der Waals surface area contributed by atoms with Crippen molar-refractivity contribution in [1.29, 1.82) is 0 Å². The van der Waals surface area contributed by atoms with Crippen molar-refractivity contribution in [3.8, 4) is 0 Å². The zero-order valence-electron chi connectivity index (χ0n) is 20.3. The number of thiazole rings is 1. The number of hydrogen-bond acceptors (Lipinski definition) is 7. The molecule has 3 rings (SSSR count). The van der Waals surface area contributed by atoms with E-state index in [1.807, 2.05) is 75.4 Å². The molecule has 3 aromatic rings. The fourth-order valence-corrected chi connectivity index (χ4v) is 4.43. The Morgan fingerprint density at radius 1 is 1.03 bits per heavy atom. The molecule has 35 heavy (non-hydrogen) atoms. The highest BCUT2D eigenvalue weighted by Gasteiger charge is 2.26. The van der Waals surface area contributed by atoms with Gasteiger partial charge in [-0.15, -0.1) is 11.3 Å². The number of nitrogens with one attached hydrogen (secondary N) is 2. The predicted octanol–water partition coefficient (Wildman–Crippen LogP) is 5.32. The molecule has 188 valence electrons. The van der Waals surface area contributed by atoms with Gasteiger partial charge in [-0.2, -0.15) is 0 Å². The number of rotatable bonds is 10. The summed E-state index contributed by atoms with van der Waals surface area (Å²) in [6.45, 7) is 5.99. The van der Waals surface area contributed by atoms with Crippen LogP contribution in [0.5, 0.6) is 0 Å². The summed E-state index contributed by atoms with van der Waals surface area (Å²) >= 11 is 1.40. The first kappa shape index (κ1) is 26.4. The van der Waals surface area contributed by atoms with Crippen molar-refractivity contribution in [3.05, 3.63) is 65.2 Å². The van der Waals surface area contributed by atoms with Gasteiger partial charge in [0, 0.05) is 6.54 Å². The molecule has 2 atom stereocenters. The Morgan fingerprint density at radius 2 is 1.74 bits per heavy atom. The number of carbonyl (C=O) groups is 2. The van der Waals surface area contributed by atoms with Crippen molar-refractivity contribution in [2.24, 2.45) is 0 Å². The van der Waals surface area contributed by atoms with Gasteiger partial charge in [-0.1, -0.05) is 42.5 Å². The lowest BCUT2D eigenvalue weighted by Gasteiger charge is -2.23. The van der Waals surface area contributed by atoms with E-state index >= 15 is 0 Å². The number of amides is 2. The van der Waals surface area contributed by atoms with Gasteiger partial charge in [-0.05, 0) is 57.7 Å². The molecule has 0 saturated heterocycles. The summed E-state index contributed by atoms with van der Waals surface area (Å²) in [5, 5.41) is 17.1. The van der Waals surface area contributed by atoms with Crippen LogP contribution in [0, 0.1) is 0 Å². The average Bonchev–Trinajstić information content (AvgIpc) is 3.25. The molecule has 9 heteroatoms. The molecule has 0 aliphatic heterocycles. The highest BCUT2D eigenvalue weighted by molar-refractivity contribution is 7.18. The lowest BCUT2D eigenvalue weighted by Crippen LogP contribution is -2.39. The fourth-order valence-electron chi connectivity index (χ4n) is 3.41. The van der Waals surface area contributed by atoms with E-state index in [0.29, 0.717) is 30.8 Å². The number of nitrogens with zero attached hydrogens (tertiary/aromatic N) is 1. The Hall–Kier alpha value is -3.17. The Kier molecular flexibility index (Phi) is 9.45. The Balaban J connectivity index is 1.57. The molecule has 1 aromatic heterocycles. The molecule has 2 unspecified atom stereocenters. The van der Waals surface area contributed by atoms with Gasteiger partial charge in [-0.25, -0.2) is 14.6 Å². The molecule has 3 N–H and O–H groups in total. The number of para-hydroxylation sites is 1. The van der Waals surface area contributed by atoms with E-state index in [1.54, 1.807) is 0 Å². The van der Waals surface area contributed by atoms with Crippen molar-refractivity contribution in [2.75, 3.05) is 6.54 Å². The molecule has 0 bridgehead atoms. The SMILES string of the molecule is CC(C)(C)OC(=O)NCCCCC(NC(=O)OCc1ccccc1)C(O)c1nc2ccccc2s1. The molecular formula is C26H33N3O5S. The Bertz CT molecular complexity index is 1060. The second kappa shape index (κ2) is 12.5. The first-order valence-electron chi connectivity index (χ1n) is 11.7. The summed E-state index contributed by atoms with van der Waals surface area (Å²) in [6.07, 6.45) is -0.273. The number of hydrogen-bond donors (Lipinski definition) is 3. The van der Waals surface area contributed by atoms with Gasteiger partial charge in [0.25, 0.3) is 0 Å². The molecule has 0 saturated carbocycles. The maximum absolute atomic E-state index is 12.5. The maximum Gasteiger partial charge on any atom is 0.407 e. The molecule has 2 aromatic carbocycles. The number of aromatic nitrogens is 1. The van der Waals surface area contributed by atoms with E-state index in [2.05, 4.69) is 15.6 Å². The summed E-state index contributed by atoms with van der Waals surface area (Å²) in [7, 11) is 0. The number of benzene rings is 2. The molecule has 0 aliphatic carbocycles. The van der Waals surface area contributed by atoms with Gasteiger partial charge in [0.1, 0.15) is 23.3 Å². The van der Waals surface area contributed by atoms with Crippen LogP contribution < -0.4 is 10.6 Å². The van der Waals surface area contributed by atoms with Crippen molar-refractivity contribution < 1.29 is 24.2 Å². The van der Waals surface area contributed by atoms with E-state index in [1.165, 1.54) is 11.3 Å². The van der Waals surface area contributed by atoms with Crippen LogP contribution in [0.25, 0.3) is 10.2 Å². The van der Waals surface area contributed by atoms with E-state index in [4.69, 9.17) is 9.47 Å². The van der Waals surface area contributed by atoms with Crippen LogP contribution in [-0.4, -0.2) is 40.5 Å².